The van der Waals surface area contributed by atoms with Gasteiger partial charge in [0.05, 0.1) is 12.2 Å². The first-order valence-corrected chi connectivity index (χ1v) is 5.82. The molecule has 1 atom stereocenters. The lowest BCUT2D eigenvalue weighted by atomic mass is 10.2. The number of carbonyl (C=O) groups is 1. The van der Waals surface area contributed by atoms with Gasteiger partial charge in [-0.15, -0.1) is 0 Å². The van der Waals surface area contributed by atoms with Crippen LogP contribution < -0.4 is 4.90 Å². The molecule has 1 aliphatic heterocycles. The fraction of sp³-hybridized carbons (Fsp3) is 0.462. The predicted molar refractivity (Wildman–Crippen MR) is 65.8 cm³/mol. The smallest absolute Gasteiger partial charge is 0.414 e. The van der Waals surface area contributed by atoms with Gasteiger partial charge in [0.2, 0.25) is 0 Å². The van der Waals surface area contributed by atoms with Gasteiger partial charge in [0.25, 0.3) is 0 Å². The summed E-state index contributed by atoms with van der Waals surface area (Å²) in [7, 11) is 0. The zero-order valence-corrected chi connectivity index (χ0v) is 10.7. The number of hydrogen-bond acceptors (Lipinski definition) is 2. The fourth-order valence-electron chi connectivity index (χ4n) is 1.57. The van der Waals surface area contributed by atoms with Crippen LogP contribution in [0.2, 0.25) is 0 Å². The monoisotopic (exact) mass is 239 g/mol. The molecular weight excluding hydrogens is 221 g/mol. The second-order valence-corrected chi connectivity index (χ2v) is 3.74. The van der Waals surface area contributed by atoms with Gasteiger partial charge in [0.15, 0.2) is 0 Å². The van der Waals surface area contributed by atoms with Crippen LogP contribution >= 0.6 is 0 Å². The Labute approximate surface area is 101 Å². The minimum atomic E-state index is -0.411. The molecule has 3 nitrogen and oxygen atoms in total. The second-order valence-electron chi connectivity index (χ2n) is 3.74. The van der Waals surface area contributed by atoms with Crippen molar-refractivity contribution in [2.24, 2.45) is 0 Å². The summed E-state index contributed by atoms with van der Waals surface area (Å²) in [4.78, 5) is 12.8. The third kappa shape index (κ3) is 2.96. The van der Waals surface area contributed by atoms with Gasteiger partial charge in [-0.3, -0.25) is 4.90 Å². The van der Waals surface area contributed by atoms with Crippen molar-refractivity contribution in [2.45, 2.75) is 33.8 Å². The molecule has 1 aromatic rings. The Kier molecular flexibility index (Phi) is 4.49. The van der Waals surface area contributed by atoms with Crippen LogP contribution in [0.15, 0.2) is 18.2 Å². The first-order chi connectivity index (χ1) is 8.08. The summed E-state index contributed by atoms with van der Waals surface area (Å²) < 4.78 is 18.2. The van der Waals surface area contributed by atoms with E-state index < -0.39 is 6.09 Å². The van der Waals surface area contributed by atoms with Crippen molar-refractivity contribution < 1.29 is 13.9 Å². The van der Waals surface area contributed by atoms with Gasteiger partial charge >= 0.3 is 6.09 Å². The molecule has 0 saturated carbocycles. The van der Waals surface area contributed by atoms with E-state index in [1.54, 1.807) is 19.1 Å². The number of nitrogens with zero attached hydrogens (tertiary/aromatic N) is 1. The molecule has 1 aliphatic rings. The quantitative estimate of drug-likeness (QED) is 0.750. The fourth-order valence-corrected chi connectivity index (χ4v) is 1.57. The Bertz CT molecular complexity index is 406. The van der Waals surface area contributed by atoms with Crippen LogP contribution in [-0.2, 0) is 4.74 Å². The lowest BCUT2D eigenvalue weighted by molar-refractivity contribution is 0.150. The molecule has 0 aliphatic carbocycles. The molecule has 1 fully saturated rings. The molecule has 0 aromatic heterocycles. The molecular formula is C13H18FNO2. The van der Waals surface area contributed by atoms with Crippen LogP contribution in [0, 0.1) is 12.7 Å². The molecule has 94 valence electrons. The van der Waals surface area contributed by atoms with Crippen LogP contribution in [-0.4, -0.2) is 18.7 Å². The Morgan fingerprint density at radius 3 is 2.53 bits per heavy atom. The summed E-state index contributed by atoms with van der Waals surface area (Å²) in [5, 5.41) is 0. The maximum Gasteiger partial charge on any atom is 0.414 e. The third-order valence-electron chi connectivity index (χ3n) is 2.43. The first kappa shape index (κ1) is 13.5. The first-order valence-electron chi connectivity index (χ1n) is 5.82. The Morgan fingerprint density at radius 1 is 1.41 bits per heavy atom. The van der Waals surface area contributed by atoms with Crippen molar-refractivity contribution in [3.8, 4) is 0 Å². The van der Waals surface area contributed by atoms with Crippen LogP contribution in [0.5, 0.6) is 0 Å². The lowest BCUT2D eigenvalue weighted by Gasteiger charge is -2.13. The van der Waals surface area contributed by atoms with Gasteiger partial charge in [0, 0.05) is 0 Å². The topological polar surface area (TPSA) is 29.5 Å². The molecule has 4 heteroatoms. The van der Waals surface area contributed by atoms with Gasteiger partial charge in [-0.2, -0.15) is 0 Å². The number of rotatable bonds is 1. The summed E-state index contributed by atoms with van der Waals surface area (Å²) in [5.74, 6) is -0.306. The number of anilines is 1. The summed E-state index contributed by atoms with van der Waals surface area (Å²) in [6, 6.07) is 4.73. The van der Waals surface area contributed by atoms with Crippen molar-refractivity contribution in [3.05, 3.63) is 29.6 Å². The van der Waals surface area contributed by atoms with Crippen molar-refractivity contribution in [2.75, 3.05) is 11.4 Å². The number of benzene rings is 1. The maximum atomic E-state index is 13.3. The summed E-state index contributed by atoms with van der Waals surface area (Å²) in [6.45, 7) is 7.97. The minimum absolute atomic E-state index is 0.137. The summed E-state index contributed by atoms with van der Waals surface area (Å²) in [6.07, 6.45) is -0.549. The zero-order chi connectivity index (χ0) is 13.0. The van der Waals surface area contributed by atoms with Gasteiger partial charge in [-0.1, -0.05) is 19.9 Å². The van der Waals surface area contributed by atoms with Gasteiger partial charge in [-0.25, -0.2) is 9.18 Å². The molecule has 1 aromatic carbocycles. The largest absolute Gasteiger partial charge is 0.444 e. The SMILES string of the molecule is CC.Cc1ccc(N2C[C@H](C)OC2=O)cc1F. The maximum absolute atomic E-state index is 13.3. The second kappa shape index (κ2) is 5.66. The van der Waals surface area contributed by atoms with Crippen LogP contribution in [0.25, 0.3) is 0 Å². The molecule has 17 heavy (non-hydrogen) atoms. The van der Waals surface area contributed by atoms with Crippen LogP contribution in [0.3, 0.4) is 0 Å². The average molecular weight is 239 g/mol. The number of amides is 1. The highest BCUT2D eigenvalue weighted by Gasteiger charge is 2.29. The van der Waals surface area contributed by atoms with Crippen molar-refractivity contribution in [3.63, 3.8) is 0 Å². The molecule has 1 saturated heterocycles. The summed E-state index contributed by atoms with van der Waals surface area (Å²) >= 11 is 0. The number of hydrogen-bond donors (Lipinski definition) is 0. The minimum Gasteiger partial charge on any atom is -0.444 e. The Hall–Kier alpha value is -1.58. The van der Waals surface area contributed by atoms with Crippen LogP contribution in [0.4, 0.5) is 14.9 Å². The van der Waals surface area contributed by atoms with E-state index in [0.29, 0.717) is 17.8 Å². The number of halogens is 1. The molecule has 1 heterocycles. The molecule has 0 N–H and O–H groups in total. The predicted octanol–water partition coefficient (Wildman–Crippen LogP) is 3.51. The average Bonchev–Trinajstić information content (AvgIpc) is 2.65. The van der Waals surface area contributed by atoms with E-state index in [1.807, 2.05) is 20.8 Å². The molecule has 0 radical (unpaired) electrons. The summed E-state index contributed by atoms with van der Waals surface area (Å²) in [5.41, 5.74) is 1.12. The normalized spacial score (nSPS) is 18.5. The molecule has 0 spiro atoms. The van der Waals surface area contributed by atoms with Crippen LogP contribution in [0.1, 0.15) is 26.3 Å². The molecule has 1 amide bonds. The van der Waals surface area contributed by atoms with Crippen molar-refractivity contribution in [1.82, 2.24) is 0 Å². The van der Waals surface area contributed by atoms with Gasteiger partial charge in [0.1, 0.15) is 11.9 Å². The third-order valence-corrected chi connectivity index (χ3v) is 2.43. The highest BCUT2D eigenvalue weighted by Crippen LogP contribution is 2.23. The number of carbonyl (C=O) groups excluding carboxylic acids is 1. The van der Waals surface area contributed by atoms with E-state index in [0.717, 1.165) is 0 Å². The Morgan fingerprint density at radius 2 is 2.06 bits per heavy atom. The van der Waals surface area contributed by atoms with E-state index in [2.05, 4.69) is 0 Å². The lowest BCUT2D eigenvalue weighted by Crippen LogP contribution is -2.24. The van der Waals surface area contributed by atoms with E-state index in [1.165, 1.54) is 11.0 Å². The number of aryl methyl sites for hydroxylation is 1. The standard InChI is InChI=1S/C11H12FNO2.C2H6/c1-7-3-4-9(5-10(7)12)13-6-8(2)15-11(13)14;1-2/h3-5,8H,6H2,1-2H3;1-2H3/t8-;/m0./s1. The van der Waals surface area contributed by atoms with E-state index in [9.17, 15) is 9.18 Å². The zero-order valence-electron chi connectivity index (χ0n) is 10.7. The molecule has 2 rings (SSSR count). The van der Waals surface area contributed by atoms with E-state index in [-0.39, 0.29) is 11.9 Å². The number of cyclic esters (lactones) is 1. The van der Waals surface area contributed by atoms with E-state index in [4.69, 9.17) is 4.74 Å². The molecule has 0 unspecified atom stereocenters. The van der Waals surface area contributed by atoms with E-state index >= 15 is 0 Å². The van der Waals surface area contributed by atoms with Crippen molar-refractivity contribution >= 4 is 11.8 Å². The highest BCUT2D eigenvalue weighted by atomic mass is 19.1. The number of ether oxygens (including phenoxy) is 1. The Balaban J connectivity index is 0.000000686. The highest BCUT2D eigenvalue weighted by molar-refractivity contribution is 5.89. The van der Waals surface area contributed by atoms with Crippen molar-refractivity contribution in [1.29, 1.82) is 0 Å². The van der Waals surface area contributed by atoms with Gasteiger partial charge in [-0.05, 0) is 31.5 Å². The van der Waals surface area contributed by atoms with Gasteiger partial charge < -0.3 is 4.74 Å². The molecule has 0 bridgehead atoms.